The summed E-state index contributed by atoms with van der Waals surface area (Å²) < 4.78 is 29.4. The minimum Gasteiger partial charge on any atom is -0.384 e. The average molecular weight is 296 g/mol. The highest BCUT2D eigenvalue weighted by Crippen LogP contribution is 2.17. The van der Waals surface area contributed by atoms with Crippen LogP contribution in [-0.4, -0.2) is 36.9 Å². The summed E-state index contributed by atoms with van der Waals surface area (Å²) in [6, 6.07) is 0. The number of hydrogen-bond donors (Lipinski definition) is 0. The summed E-state index contributed by atoms with van der Waals surface area (Å²) in [5.41, 5.74) is 0. The first-order chi connectivity index (χ1) is 8.40. The molecule has 1 rings (SSSR count). The molecule has 8 heteroatoms. The predicted octanol–water partition coefficient (Wildman–Crippen LogP) is 1.44. The van der Waals surface area contributed by atoms with Crippen molar-refractivity contribution in [1.29, 1.82) is 0 Å². The molecule has 0 aliphatic heterocycles. The van der Waals surface area contributed by atoms with Crippen molar-refractivity contribution < 1.29 is 13.2 Å². The van der Waals surface area contributed by atoms with Gasteiger partial charge in [0.2, 0.25) is 0 Å². The zero-order chi connectivity index (χ0) is 13.8. The topological polar surface area (TPSA) is 74.1 Å². The van der Waals surface area contributed by atoms with Crippen molar-refractivity contribution in [3.63, 3.8) is 0 Å². The summed E-state index contributed by atoms with van der Waals surface area (Å²) in [6.45, 7) is 5.07. The maximum absolute atomic E-state index is 11.4. The Labute approximate surface area is 112 Å². The Morgan fingerprint density at radius 3 is 2.61 bits per heavy atom. The van der Waals surface area contributed by atoms with Gasteiger partial charge in [0, 0.05) is 37.4 Å². The Balaban J connectivity index is 3.02. The van der Waals surface area contributed by atoms with Crippen LogP contribution in [0.3, 0.4) is 0 Å². The Kier molecular flexibility index (Phi) is 5.55. The molecule has 0 aliphatic carbocycles. The van der Waals surface area contributed by atoms with Crippen LogP contribution in [0.1, 0.15) is 26.1 Å². The summed E-state index contributed by atoms with van der Waals surface area (Å²) in [5, 5.41) is 7.41. The number of halogens is 1. The molecule has 0 radical (unpaired) electrons. The van der Waals surface area contributed by atoms with Crippen LogP contribution in [0.25, 0.3) is 0 Å². The molecule has 0 fully saturated rings. The smallest absolute Gasteiger partial charge is 0.296 e. The van der Waals surface area contributed by atoms with Gasteiger partial charge in [0.1, 0.15) is 5.82 Å². The fraction of sp³-hybridized carbons (Fsp3) is 0.800. The van der Waals surface area contributed by atoms with E-state index in [0.717, 1.165) is 6.42 Å². The molecule has 1 atom stereocenters. The third kappa shape index (κ3) is 3.93. The predicted molar refractivity (Wildman–Crippen MR) is 68.1 cm³/mol. The van der Waals surface area contributed by atoms with E-state index in [4.69, 9.17) is 15.4 Å². The largest absolute Gasteiger partial charge is 0.384 e. The third-order valence-corrected chi connectivity index (χ3v) is 3.59. The fourth-order valence-corrected chi connectivity index (χ4v) is 2.69. The molecular formula is C10H18ClN3O3S. The van der Waals surface area contributed by atoms with Gasteiger partial charge >= 0.3 is 0 Å². The van der Waals surface area contributed by atoms with Crippen molar-refractivity contribution in [2.45, 2.75) is 38.4 Å². The van der Waals surface area contributed by atoms with E-state index >= 15 is 0 Å². The Hall–Kier alpha value is -0.660. The van der Waals surface area contributed by atoms with Crippen LogP contribution < -0.4 is 0 Å². The lowest BCUT2D eigenvalue weighted by Crippen LogP contribution is -2.14. The molecule has 0 aliphatic rings. The Morgan fingerprint density at radius 2 is 2.11 bits per heavy atom. The maximum Gasteiger partial charge on any atom is 0.296 e. The lowest BCUT2D eigenvalue weighted by atomic mass is 10.1. The quantitative estimate of drug-likeness (QED) is 0.712. The lowest BCUT2D eigenvalue weighted by molar-refractivity contribution is 0.158. The molecule has 0 spiro atoms. The molecule has 1 unspecified atom stereocenters. The van der Waals surface area contributed by atoms with E-state index in [1.807, 2.05) is 13.8 Å². The molecule has 6 nitrogen and oxygen atoms in total. The summed E-state index contributed by atoms with van der Waals surface area (Å²) >= 11 is 0. The number of hydrogen-bond acceptors (Lipinski definition) is 5. The van der Waals surface area contributed by atoms with Crippen molar-refractivity contribution >= 4 is 19.7 Å². The number of rotatable bonds is 7. The zero-order valence-corrected chi connectivity index (χ0v) is 12.3. The molecule has 0 saturated heterocycles. The highest BCUT2D eigenvalue weighted by Gasteiger charge is 2.22. The number of methoxy groups -OCH3 is 1. The second-order valence-corrected chi connectivity index (χ2v) is 6.71. The fourth-order valence-electron chi connectivity index (χ4n) is 1.75. The molecule has 0 saturated carbocycles. The van der Waals surface area contributed by atoms with E-state index in [9.17, 15) is 8.42 Å². The molecule has 0 amide bonds. The van der Waals surface area contributed by atoms with Crippen LogP contribution in [0.15, 0.2) is 5.16 Å². The maximum atomic E-state index is 11.4. The first-order valence-electron chi connectivity index (χ1n) is 5.75. The number of nitrogens with zero attached hydrogens (tertiary/aromatic N) is 3. The van der Waals surface area contributed by atoms with Crippen molar-refractivity contribution in [3.05, 3.63) is 5.82 Å². The Morgan fingerprint density at radius 1 is 1.44 bits per heavy atom. The second-order valence-electron chi connectivity index (χ2n) is 4.25. The third-order valence-electron chi connectivity index (χ3n) is 2.44. The minimum atomic E-state index is -3.85. The molecule has 0 aromatic carbocycles. The molecule has 18 heavy (non-hydrogen) atoms. The summed E-state index contributed by atoms with van der Waals surface area (Å²) in [7, 11) is 3.11. The standard InChI is InChI=1S/C10H18ClN3O3S/c1-4-5-14-9(6-8(2)7-17-3)12-13-10(14)18(11,15)16/h8H,4-7H2,1-3H3. The number of aromatic nitrogens is 3. The minimum absolute atomic E-state index is 0.175. The van der Waals surface area contributed by atoms with E-state index in [1.165, 1.54) is 0 Å². The highest BCUT2D eigenvalue weighted by molar-refractivity contribution is 8.13. The zero-order valence-electron chi connectivity index (χ0n) is 10.8. The van der Waals surface area contributed by atoms with Crippen molar-refractivity contribution in [2.24, 2.45) is 5.92 Å². The SMILES string of the molecule is CCCn1c(CC(C)COC)nnc1S(=O)(=O)Cl. The van der Waals surface area contributed by atoms with E-state index in [0.29, 0.717) is 25.4 Å². The molecular weight excluding hydrogens is 278 g/mol. The van der Waals surface area contributed by atoms with Gasteiger partial charge in [0.05, 0.1) is 0 Å². The second kappa shape index (κ2) is 6.49. The summed E-state index contributed by atoms with van der Waals surface area (Å²) in [4.78, 5) is 0. The molecule has 1 heterocycles. The highest BCUT2D eigenvalue weighted by atomic mass is 35.7. The lowest BCUT2D eigenvalue weighted by Gasteiger charge is -2.11. The van der Waals surface area contributed by atoms with E-state index in [-0.39, 0.29) is 11.1 Å². The van der Waals surface area contributed by atoms with Gasteiger partial charge in [-0.25, -0.2) is 8.42 Å². The van der Waals surface area contributed by atoms with Gasteiger partial charge in [0.25, 0.3) is 14.2 Å². The van der Waals surface area contributed by atoms with Gasteiger partial charge < -0.3 is 9.30 Å². The molecule has 104 valence electrons. The first kappa shape index (κ1) is 15.4. The monoisotopic (exact) mass is 295 g/mol. The van der Waals surface area contributed by atoms with Gasteiger partial charge in [-0.15, -0.1) is 10.2 Å². The van der Waals surface area contributed by atoms with Gasteiger partial charge in [-0.1, -0.05) is 13.8 Å². The van der Waals surface area contributed by atoms with Gasteiger partial charge in [-0.05, 0) is 12.3 Å². The van der Waals surface area contributed by atoms with Crippen LogP contribution in [0, 0.1) is 5.92 Å². The first-order valence-corrected chi connectivity index (χ1v) is 8.06. The van der Waals surface area contributed by atoms with E-state index in [2.05, 4.69) is 10.2 Å². The van der Waals surface area contributed by atoms with Gasteiger partial charge in [-0.2, -0.15) is 0 Å². The van der Waals surface area contributed by atoms with Crippen LogP contribution in [0.5, 0.6) is 0 Å². The van der Waals surface area contributed by atoms with Crippen molar-refractivity contribution in [3.8, 4) is 0 Å². The van der Waals surface area contributed by atoms with Crippen molar-refractivity contribution in [2.75, 3.05) is 13.7 Å². The molecule has 1 aromatic heterocycles. The van der Waals surface area contributed by atoms with Crippen LogP contribution in [0.4, 0.5) is 0 Å². The summed E-state index contributed by atoms with van der Waals surface area (Å²) in [6.07, 6.45) is 1.39. The Bertz CT molecular complexity index is 487. The van der Waals surface area contributed by atoms with Gasteiger partial charge in [0.15, 0.2) is 0 Å². The number of ether oxygens (including phenoxy) is 1. The van der Waals surface area contributed by atoms with Crippen LogP contribution >= 0.6 is 10.7 Å². The normalized spacial score (nSPS) is 13.8. The molecule has 1 aromatic rings. The van der Waals surface area contributed by atoms with Crippen molar-refractivity contribution in [1.82, 2.24) is 14.8 Å². The molecule has 0 bridgehead atoms. The average Bonchev–Trinajstić information content (AvgIpc) is 2.62. The molecule has 0 N–H and O–H groups in total. The van der Waals surface area contributed by atoms with Crippen LogP contribution in [0.2, 0.25) is 0 Å². The van der Waals surface area contributed by atoms with Crippen LogP contribution in [-0.2, 0) is 26.8 Å². The van der Waals surface area contributed by atoms with E-state index in [1.54, 1.807) is 11.7 Å². The van der Waals surface area contributed by atoms with Gasteiger partial charge in [-0.3, -0.25) is 0 Å². The van der Waals surface area contributed by atoms with E-state index < -0.39 is 9.05 Å². The summed E-state index contributed by atoms with van der Waals surface area (Å²) in [5.74, 6) is 0.862.